The average molecular weight is 292 g/mol. The highest BCUT2D eigenvalue weighted by Crippen LogP contribution is 2.14. The molecule has 0 fully saturated rings. The van der Waals surface area contributed by atoms with E-state index < -0.39 is 0 Å². The molecule has 2 nitrogen and oxygen atoms in total. The van der Waals surface area contributed by atoms with Crippen LogP contribution in [0.4, 0.5) is 0 Å². The number of ether oxygens (including phenoxy) is 1. The van der Waals surface area contributed by atoms with Gasteiger partial charge in [0.05, 0.1) is 13.0 Å². The van der Waals surface area contributed by atoms with Gasteiger partial charge in [0.1, 0.15) is 0 Å². The van der Waals surface area contributed by atoms with Crippen molar-refractivity contribution in [2.45, 2.75) is 40.2 Å². The Labute approximate surface area is 124 Å². The Balaban J connectivity index is 2.48. The molecule has 1 N–H and O–H groups in total. The first-order chi connectivity index (χ1) is 9.61. The largest absolute Gasteiger partial charge is 0.375 e. The SMILES string of the molecule is CC(C)=CCC/C(C)=C/c1ccc(COCPO)cc1. The molecule has 1 rings (SSSR count). The number of hydrogen-bond acceptors (Lipinski definition) is 2. The molecule has 110 valence electrons. The molecular weight excluding hydrogens is 267 g/mol. The molecule has 20 heavy (non-hydrogen) atoms. The number of allylic oxidation sites excluding steroid dienone is 3. The van der Waals surface area contributed by atoms with E-state index in [-0.39, 0.29) is 8.81 Å². The predicted octanol–water partition coefficient (Wildman–Crippen LogP) is 4.90. The molecular formula is C17H25O2P. The zero-order valence-electron chi connectivity index (χ0n) is 12.6. The topological polar surface area (TPSA) is 29.5 Å². The first kappa shape index (κ1) is 17.1. The van der Waals surface area contributed by atoms with E-state index in [0.29, 0.717) is 13.0 Å². The van der Waals surface area contributed by atoms with E-state index in [1.165, 1.54) is 16.7 Å². The van der Waals surface area contributed by atoms with E-state index >= 15 is 0 Å². The average Bonchev–Trinajstić information content (AvgIpc) is 2.40. The van der Waals surface area contributed by atoms with E-state index in [0.717, 1.165) is 18.4 Å². The molecule has 1 unspecified atom stereocenters. The number of benzene rings is 1. The summed E-state index contributed by atoms with van der Waals surface area (Å²) in [6.07, 6.45) is 7.15. The van der Waals surface area contributed by atoms with Crippen LogP contribution in [0.1, 0.15) is 44.7 Å². The number of rotatable bonds is 8. The van der Waals surface area contributed by atoms with Crippen LogP contribution < -0.4 is 0 Å². The first-order valence-corrected chi connectivity index (χ1v) is 8.11. The van der Waals surface area contributed by atoms with Crippen molar-refractivity contribution in [2.75, 3.05) is 6.35 Å². The lowest BCUT2D eigenvalue weighted by molar-refractivity contribution is 0.163. The van der Waals surface area contributed by atoms with Crippen LogP contribution in [0.2, 0.25) is 0 Å². The minimum Gasteiger partial charge on any atom is -0.375 e. The molecule has 0 aliphatic heterocycles. The lowest BCUT2D eigenvalue weighted by atomic mass is 10.1. The summed E-state index contributed by atoms with van der Waals surface area (Å²) in [4.78, 5) is 8.68. The van der Waals surface area contributed by atoms with Gasteiger partial charge in [0.2, 0.25) is 0 Å². The van der Waals surface area contributed by atoms with Gasteiger partial charge in [0, 0.05) is 8.81 Å². The fourth-order valence-corrected chi connectivity index (χ4v) is 2.06. The Morgan fingerprint density at radius 2 is 1.90 bits per heavy atom. The van der Waals surface area contributed by atoms with Gasteiger partial charge in [-0.2, -0.15) is 0 Å². The van der Waals surface area contributed by atoms with E-state index in [4.69, 9.17) is 9.63 Å². The van der Waals surface area contributed by atoms with Gasteiger partial charge in [0.25, 0.3) is 0 Å². The number of hydrogen-bond donors (Lipinski definition) is 1. The van der Waals surface area contributed by atoms with E-state index in [1.807, 2.05) is 0 Å². The summed E-state index contributed by atoms with van der Waals surface area (Å²) >= 11 is 0. The molecule has 1 aromatic carbocycles. The molecule has 0 radical (unpaired) electrons. The fraction of sp³-hybridized carbons (Fsp3) is 0.412. The van der Waals surface area contributed by atoms with Gasteiger partial charge in [-0.15, -0.1) is 0 Å². The van der Waals surface area contributed by atoms with Crippen LogP contribution >= 0.6 is 8.81 Å². The Morgan fingerprint density at radius 3 is 2.50 bits per heavy atom. The Kier molecular flexibility index (Phi) is 8.45. The van der Waals surface area contributed by atoms with Gasteiger partial charge in [0.15, 0.2) is 0 Å². The van der Waals surface area contributed by atoms with Crippen molar-refractivity contribution < 1.29 is 9.63 Å². The third-order valence-corrected chi connectivity index (χ3v) is 3.25. The molecule has 0 saturated carbocycles. The normalized spacial score (nSPS) is 12.1. The van der Waals surface area contributed by atoms with Crippen molar-refractivity contribution in [1.82, 2.24) is 0 Å². The predicted molar refractivity (Wildman–Crippen MR) is 88.9 cm³/mol. The Bertz CT molecular complexity index is 443. The van der Waals surface area contributed by atoms with E-state index in [9.17, 15) is 0 Å². The van der Waals surface area contributed by atoms with E-state index in [1.54, 1.807) is 0 Å². The van der Waals surface area contributed by atoms with Crippen LogP contribution in [0.5, 0.6) is 0 Å². The molecule has 0 heterocycles. The Hall–Kier alpha value is -0.950. The maximum Gasteiger partial charge on any atom is 0.0881 e. The first-order valence-electron chi connectivity index (χ1n) is 6.96. The summed E-state index contributed by atoms with van der Waals surface area (Å²) in [5.41, 5.74) is 5.15. The molecule has 3 heteroatoms. The summed E-state index contributed by atoms with van der Waals surface area (Å²) in [5, 5.41) is 0. The summed E-state index contributed by atoms with van der Waals surface area (Å²) in [6.45, 7) is 7.02. The van der Waals surface area contributed by atoms with Crippen molar-refractivity contribution in [3.05, 3.63) is 52.6 Å². The second-order valence-electron chi connectivity index (χ2n) is 5.20. The minimum absolute atomic E-state index is 0.135. The molecule has 0 saturated heterocycles. The molecule has 0 amide bonds. The summed E-state index contributed by atoms with van der Waals surface area (Å²) in [7, 11) is -0.135. The van der Waals surface area contributed by atoms with Crippen LogP contribution in [-0.2, 0) is 11.3 Å². The van der Waals surface area contributed by atoms with Crippen molar-refractivity contribution in [3.63, 3.8) is 0 Å². The van der Waals surface area contributed by atoms with E-state index in [2.05, 4.69) is 57.2 Å². The molecule has 0 aliphatic rings. The van der Waals surface area contributed by atoms with Gasteiger partial charge < -0.3 is 9.63 Å². The summed E-state index contributed by atoms with van der Waals surface area (Å²) in [6, 6.07) is 8.39. The highest BCUT2D eigenvalue weighted by atomic mass is 31.1. The highest BCUT2D eigenvalue weighted by molar-refractivity contribution is 7.30. The van der Waals surface area contributed by atoms with Crippen LogP contribution in [0.3, 0.4) is 0 Å². The molecule has 1 atom stereocenters. The molecule has 0 aliphatic carbocycles. The zero-order valence-corrected chi connectivity index (χ0v) is 13.6. The molecule has 0 spiro atoms. The van der Waals surface area contributed by atoms with Gasteiger partial charge in [-0.1, -0.05) is 47.6 Å². The van der Waals surface area contributed by atoms with Crippen LogP contribution in [-0.4, -0.2) is 11.2 Å². The lowest BCUT2D eigenvalue weighted by Gasteiger charge is -2.04. The van der Waals surface area contributed by atoms with Crippen molar-refractivity contribution >= 4 is 14.9 Å². The highest BCUT2D eigenvalue weighted by Gasteiger charge is 1.95. The molecule has 1 aromatic rings. The third kappa shape index (κ3) is 7.59. The van der Waals surface area contributed by atoms with Crippen LogP contribution in [0.25, 0.3) is 6.08 Å². The van der Waals surface area contributed by atoms with Gasteiger partial charge in [-0.3, -0.25) is 0 Å². The summed E-state index contributed by atoms with van der Waals surface area (Å²) < 4.78 is 5.31. The van der Waals surface area contributed by atoms with Crippen LogP contribution in [0, 0.1) is 0 Å². The zero-order chi connectivity index (χ0) is 14.8. The fourth-order valence-electron chi connectivity index (χ4n) is 1.87. The van der Waals surface area contributed by atoms with Gasteiger partial charge in [-0.05, 0) is 44.7 Å². The molecule has 0 aromatic heterocycles. The van der Waals surface area contributed by atoms with Crippen molar-refractivity contribution in [3.8, 4) is 0 Å². The van der Waals surface area contributed by atoms with Gasteiger partial charge >= 0.3 is 0 Å². The summed E-state index contributed by atoms with van der Waals surface area (Å²) in [5.74, 6) is 0. The molecule has 0 bridgehead atoms. The Morgan fingerprint density at radius 1 is 1.20 bits per heavy atom. The lowest BCUT2D eigenvalue weighted by Crippen LogP contribution is -1.90. The maximum atomic E-state index is 8.68. The van der Waals surface area contributed by atoms with Crippen molar-refractivity contribution in [2.24, 2.45) is 0 Å². The smallest absolute Gasteiger partial charge is 0.0881 e. The maximum absolute atomic E-state index is 8.68. The quantitative estimate of drug-likeness (QED) is 0.419. The monoisotopic (exact) mass is 292 g/mol. The third-order valence-electron chi connectivity index (χ3n) is 2.92. The standard InChI is InChI=1S/C17H25O2P/c1-14(2)5-4-6-15(3)11-16-7-9-17(10-8-16)12-19-13-20-18/h5,7-11,18,20H,4,6,12-13H2,1-3H3/b15-11+. The minimum atomic E-state index is -0.135. The van der Waals surface area contributed by atoms with Crippen LogP contribution in [0.15, 0.2) is 41.5 Å². The second kappa shape index (κ2) is 9.88. The van der Waals surface area contributed by atoms with Crippen molar-refractivity contribution in [1.29, 1.82) is 0 Å². The second-order valence-corrected chi connectivity index (χ2v) is 5.81. The van der Waals surface area contributed by atoms with Gasteiger partial charge in [-0.25, -0.2) is 0 Å².